The minimum absolute atomic E-state index is 0.00824. The molecule has 94 valence electrons. The zero-order valence-corrected chi connectivity index (χ0v) is 9.97. The number of carbonyl (C=O) groups excluding carboxylic acids is 3. The highest BCUT2D eigenvalue weighted by Gasteiger charge is 2.68. The summed E-state index contributed by atoms with van der Waals surface area (Å²) in [6.07, 6.45) is 0.212. The van der Waals surface area contributed by atoms with Crippen molar-refractivity contribution in [2.24, 2.45) is 23.7 Å². The number of ether oxygens (including phenoxy) is 2. The Hall–Kier alpha value is -1.39. The van der Waals surface area contributed by atoms with Gasteiger partial charge >= 0.3 is 11.9 Å². The van der Waals surface area contributed by atoms with Gasteiger partial charge in [-0.15, -0.1) is 0 Å². The van der Waals surface area contributed by atoms with E-state index in [1.165, 1.54) is 0 Å². The predicted molar refractivity (Wildman–Crippen MR) is 56.9 cm³/mol. The molecule has 0 radical (unpaired) electrons. The van der Waals surface area contributed by atoms with Crippen LogP contribution in [-0.2, 0) is 23.9 Å². The van der Waals surface area contributed by atoms with E-state index in [1.54, 1.807) is 13.8 Å². The summed E-state index contributed by atoms with van der Waals surface area (Å²) < 4.78 is 9.81. The first-order valence-electron chi connectivity index (χ1n) is 5.97. The normalized spacial score (nSPS) is 34.1. The molecule has 0 N–H and O–H groups in total. The van der Waals surface area contributed by atoms with Crippen LogP contribution < -0.4 is 0 Å². The molecule has 4 atom stereocenters. The smallest absolute Gasteiger partial charge is 0.310 e. The van der Waals surface area contributed by atoms with Crippen LogP contribution in [0.1, 0.15) is 20.3 Å². The second-order valence-electron chi connectivity index (χ2n) is 4.41. The Kier molecular flexibility index (Phi) is 3.17. The molecule has 0 saturated heterocycles. The molecule has 2 fully saturated rings. The Balaban J connectivity index is 2.02. The summed E-state index contributed by atoms with van der Waals surface area (Å²) >= 11 is 0. The van der Waals surface area contributed by atoms with Crippen molar-refractivity contribution in [1.82, 2.24) is 0 Å². The molecule has 0 aromatic heterocycles. The van der Waals surface area contributed by atoms with Gasteiger partial charge in [-0.05, 0) is 19.8 Å². The number of hydrogen-bond donors (Lipinski definition) is 0. The number of carbonyl (C=O) groups is 3. The second-order valence-corrected chi connectivity index (χ2v) is 4.41. The standard InChI is InChI=1S/C12H16O5/c1-3-16-11(14)6-5-7(13)9-8(6)10(9)12(15)17-4-2/h6,8-10H,3-5H2,1-2H3. The van der Waals surface area contributed by atoms with Crippen molar-refractivity contribution in [3.63, 3.8) is 0 Å². The average Bonchev–Trinajstić information content (AvgIpc) is 2.93. The maximum absolute atomic E-state index is 11.6. The van der Waals surface area contributed by atoms with Gasteiger partial charge in [0.05, 0.1) is 25.0 Å². The lowest BCUT2D eigenvalue weighted by atomic mass is 10.00. The predicted octanol–water partition coefficient (Wildman–Crippen LogP) is 0.564. The fraction of sp³-hybridized carbons (Fsp3) is 0.750. The van der Waals surface area contributed by atoms with Crippen molar-refractivity contribution < 1.29 is 23.9 Å². The van der Waals surface area contributed by atoms with Crippen LogP contribution in [0.3, 0.4) is 0 Å². The van der Waals surface area contributed by atoms with Crippen LogP contribution in [0, 0.1) is 23.7 Å². The molecular weight excluding hydrogens is 224 g/mol. The van der Waals surface area contributed by atoms with Gasteiger partial charge < -0.3 is 9.47 Å². The Morgan fingerprint density at radius 3 is 2.35 bits per heavy atom. The Morgan fingerprint density at radius 1 is 1.18 bits per heavy atom. The minimum atomic E-state index is -0.443. The first-order chi connectivity index (χ1) is 8.11. The van der Waals surface area contributed by atoms with E-state index in [0.29, 0.717) is 13.2 Å². The maximum Gasteiger partial charge on any atom is 0.310 e. The largest absolute Gasteiger partial charge is 0.466 e. The Morgan fingerprint density at radius 2 is 1.76 bits per heavy atom. The van der Waals surface area contributed by atoms with Gasteiger partial charge in [-0.2, -0.15) is 0 Å². The number of ketones is 1. The summed E-state index contributed by atoms with van der Waals surface area (Å²) in [6, 6.07) is 0. The van der Waals surface area contributed by atoms with Gasteiger partial charge in [-0.25, -0.2) is 0 Å². The van der Waals surface area contributed by atoms with Gasteiger partial charge in [0.1, 0.15) is 5.78 Å². The third-order valence-corrected chi connectivity index (χ3v) is 3.48. The van der Waals surface area contributed by atoms with Gasteiger partial charge in [0.15, 0.2) is 0 Å². The van der Waals surface area contributed by atoms with E-state index in [0.717, 1.165) is 0 Å². The second kappa shape index (κ2) is 4.47. The first kappa shape index (κ1) is 12.1. The number of hydrogen-bond acceptors (Lipinski definition) is 5. The number of rotatable bonds is 4. The molecule has 0 heterocycles. The average molecular weight is 240 g/mol. The molecule has 17 heavy (non-hydrogen) atoms. The molecule has 0 aliphatic heterocycles. The summed E-state index contributed by atoms with van der Waals surface area (Å²) in [4.78, 5) is 34.8. The molecule has 0 bridgehead atoms. The zero-order valence-electron chi connectivity index (χ0n) is 9.97. The van der Waals surface area contributed by atoms with Crippen molar-refractivity contribution in [2.45, 2.75) is 20.3 Å². The maximum atomic E-state index is 11.6. The van der Waals surface area contributed by atoms with Gasteiger partial charge in [-0.3, -0.25) is 14.4 Å². The number of Topliss-reactive ketones (excluding diaryl/α,β-unsaturated/α-hetero) is 1. The van der Waals surface area contributed by atoms with Crippen LogP contribution in [0.4, 0.5) is 0 Å². The summed E-state index contributed by atoms with van der Waals surface area (Å²) in [5.41, 5.74) is 0. The van der Waals surface area contributed by atoms with E-state index < -0.39 is 11.8 Å². The van der Waals surface area contributed by atoms with Gasteiger partial charge in [0, 0.05) is 12.3 Å². The van der Waals surface area contributed by atoms with Crippen LogP contribution in [0.2, 0.25) is 0 Å². The van der Waals surface area contributed by atoms with Crippen LogP contribution in [0.15, 0.2) is 0 Å². The van der Waals surface area contributed by atoms with E-state index in [9.17, 15) is 14.4 Å². The van der Waals surface area contributed by atoms with Crippen molar-refractivity contribution in [3.8, 4) is 0 Å². The summed E-state index contributed by atoms with van der Waals surface area (Å²) in [6.45, 7) is 4.04. The molecule has 0 aromatic rings. The molecular formula is C12H16O5. The fourth-order valence-corrected chi connectivity index (χ4v) is 2.77. The molecule has 2 aliphatic carbocycles. The monoisotopic (exact) mass is 240 g/mol. The molecule has 0 spiro atoms. The minimum Gasteiger partial charge on any atom is -0.466 e. The number of esters is 2. The summed E-state index contributed by atoms with van der Waals surface area (Å²) in [7, 11) is 0. The van der Waals surface area contributed by atoms with E-state index in [2.05, 4.69) is 0 Å². The van der Waals surface area contributed by atoms with Crippen molar-refractivity contribution >= 4 is 17.7 Å². The lowest BCUT2D eigenvalue weighted by Crippen LogP contribution is -2.23. The van der Waals surface area contributed by atoms with Crippen LogP contribution in [-0.4, -0.2) is 30.9 Å². The molecule has 0 amide bonds. The lowest BCUT2D eigenvalue weighted by molar-refractivity contribution is -0.151. The highest BCUT2D eigenvalue weighted by molar-refractivity contribution is 5.99. The van der Waals surface area contributed by atoms with Crippen LogP contribution >= 0.6 is 0 Å². The van der Waals surface area contributed by atoms with Crippen molar-refractivity contribution in [2.75, 3.05) is 13.2 Å². The zero-order chi connectivity index (χ0) is 12.6. The molecule has 2 saturated carbocycles. The fourth-order valence-electron chi connectivity index (χ4n) is 2.77. The Bertz CT molecular complexity index is 362. The topological polar surface area (TPSA) is 69.7 Å². The van der Waals surface area contributed by atoms with Crippen LogP contribution in [0.5, 0.6) is 0 Å². The van der Waals surface area contributed by atoms with Gasteiger partial charge in [0.25, 0.3) is 0 Å². The lowest BCUT2D eigenvalue weighted by Gasteiger charge is -2.11. The molecule has 5 nitrogen and oxygen atoms in total. The third-order valence-electron chi connectivity index (χ3n) is 3.48. The molecule has 2 rings (SSSR count). The number of fused-ring (bicyclic) bond motifs is 1. The van der Waals surface area contributed by atoms with E-state index in [4.69, 9.17) is 9.47 Å². The summed E-state index contributed by atoms with van der Waals surface area (Å²) in [5.74, 6) is -2.06. The van der Waals surface area contributed by atoms with E-state index >= 15 is 0 Å². The third kappa shape index (κ3) is 1.94. The van der Waals surface area contributed by atoms with Crippen LogP contribution in [0.25, 0.3) is 0 Å². The highest BCUT2D eigenvalue weighted by Crippen LogP contribution is 2.59. The summed E-state index contributed by atoms with van der Waals surface area (Å²) in [5, 5.41) is 0. The first-order valence-corrected chi connectivity index (χ1v) is 5.97. The SMILES string of the molecule is CCOC(=O)C1CC(=O)C2C(C(=O)OCC)C12. The van der Waals surface area contributed by atoms with Crippen molar-refractivity contribution in [1.29, 1.82) is 0 Å². The van der Waals surface area contributed by atoms with Gasteiger partial charge in [-0.1, -0.05) is 0 Å². The van der Waals surface area contributed by atoms with Crippen molar-refractivity contribution in [3.05, 3.63) is 0 Å². The van der Waals surface area contributed by atoms with E-state index in [-0.39, 0.29) is 36.0 Å². The quantitative estimate of drug-likeness (QED) is 0.672. The molecule has 5 heteroatoms. The van der Waals surface area contributed by atoms with E-state index in [1.807, 2.05) is 0 Å². The molecule has 2 aliphatic rings. The molecule has 4 unspecified atom stereocenters. The molecule has 0 aromatic carbocycles. The highest BCUT2D eigenvalue weighted by atomic mass is 16.5. The Labute approximate surface area is 99.5 Å². The van der Waals surface area contributed by atoms with Gasteiger partial charge in [0.2, 0.25) is 0 Å².